The lowest BCUT2D eigenvalue weighted by Crippen LogP contribution is -2.18. The Morgan fingerprint density at radius 2 is 1.76 bits per heavy atom. The molecule has 0 aliphatic heterocycles. The number of likely N-dealkylation sites (N-methyl/N-ethyl adjacent to an activating group) is 1. The van der Waals surface area contributed by atoms with Crippen molar-refractivity contribution in [3.8, 4) is 16.9 Å². The van der Waals surface area contributed by atoms with Crippen LogP contribution >= 0.6 is 15.9 Å². The second-order valence-corrected chi connectivity index (χ2v) is 6.70. The minimum absolute atomic E-state index is 0.0609. The molecule has 0 radical (unpaired) electrons. The fourth-order valence-corrected chi connectivity index (χ4v) is 2.63. The molecule has 0 unspecified atom stereocenters. The minimum atomic E-state index is -0.0609. The van der Waals surface area contributed by atoms with Crippen LogP contribution in [0.4, 0.5) is 0 Å². The molecule has 0 saturated carbocycles. The second-order valence-electron chi connectivity index (χ2n) is 5.79. The molecule has 0 bridgehead atoms. The first-order chi connectivity index (χ1) is 12.0. The summed E-state index contributed by atoms with van der Waals surface area (Å²) in [5, 5.41) is 4.73. The number of halogens is 1. The summed E-state index contributed by atoms with van der Waals surface area (Å²) in [5.41, 5.74) is 3.69. The Labute approximate surface area is 155 Å². The van der Waals surface area contributed by atoms with Crippen LogP contribution in [0.3, 0.4) is 0 Å². The highest BCUT2D eigenvalue weighted by molar-refractivity contribution is 9.10. The SMILES string of the molecule is CN(C)C(=O)C=Cc1cn(-c2ccccc2)nc1-c1ccc(Br)cc1. The molecule has 0 saturated heterocycles. The van der Waals surface area contributed by atoms with Gasteiger partial charge < -0.3 is 4.90 Å². The number of nitrogens with zero attached hydrogens (tertiary/aromatic N) is 3. The van der Waals surface area contributed by atoms with Gasteiger partial charge in [-0.2, -0.15) is 5.10 Å². The number of hydrogen-bond acceptors (Lipinski definition) is 2. The number of benzene rings is 2. The highest BCUT2D eigenvalue weighted by Gasteiger charge is 2.11. The normalized spacial score (nSPS) is 11.0. The van der Waals surface area contributed by atoms with Gasteiger partial charge in [0.1, 0.15) is 0 Å². The predicted molar refractivity (Wildman–Crippen MR) is 104 cm³/mol. The highest BCUT2D eigenvalue weighted by atomic mass is 79.9. The highest BCUT2D eigenvalue weighted by Crippen LogP contribution is 2.26. The lowest BCUT2D eigenvalue weighted by molar-refractivity contribution is -0.123. The van der Waals surface area contributed by atoms with Crippen molar-refractivity contribution >= 4 is 27.9 Å². The molecule has 2 aromatic carbocycles. The van der Waals surface area contributed by atoms with Gasteiger partial charge in [0.15, 0.2) is 0 Å². The molecule has 0 fully saturated rings. The van der Waals surface area contributed by atoms with E-state index in [0.717, 1.165) is 27.0 Å². The van der Waals surface area contributed by atoms with Crippen molar-refractivity contribution < 1.29 is 4.79 Å². The lowest BCUT2D eigenvalue weighted by atomic mass is 10.1. The molecule has 1 amide bonds. The summed E-state index contributed by atoms with van der Waals surface area (Å²) in [6.45, 7) is 0. The van der Waals surface area contributed by atoms with Crippen LogP contribution in [0, 0.1) is 0 Å². The Morgan fingerprint density at radius 1 is 1.08 bits per heavy atom. The van der Waals surface area contributed by atoms with Gasteiger partial charge >= 0.3 is 0 Å². The number of rotatable bonds is 4. The van der Waals surface area contributed by atoms with Crippen LogP contribution in [-0.2, 0) is 4.79 Å². The predicted octanol–water partition coefficient (Wildman–Crippen LogP) is 4.40. The van der Waals surface area contributed by atoms with Gasteiger partial charge in [0.05, 0.1) is 11.4 Å². The summed E-state index contributed by atoms with van der Waals surface area (Å²) in [6.07, 6.45) is 5.31. The van der Waals surface area contributed by atoms with E-state index >= 15 is 0 Å². The molecule has 4 nitrogen and oxygen atoms in total. The van der Waals surface area contributed by atoms with Crippen LogP contribution in [0.15, 0.2) is 71.3 Å². The van der Waals surface area contributed by atoms with Crippen LogP contribution in [-0.4, -0.2) is 34.7 Å². The zero-order valence-electron chi connectivity index (χ0n) is 14.1. The average Bonchev–Trinajstić information content (AvgIpc) is 3.05. The smallest absolute Gasteiger partial charge is 0.246 e. The van der Waals surface area contributed by atoms with Crippen molar-refractivity contribution in [1.29, 1.82) is 0 Å². The molecule has 3 aromatic rings. The number of carbonyl (C=O) groups excluding carboxylic acids is 1. The molecule has 0 N–H and O–H groups in total. The van der Waals surface area contributed by atoms with Crippen molar-refractivity contribution in [1.82, 2.24) is 14.7 Å². The molecule has 1 heterocycles. The molecule has 0 aliphatic rings. The van der Waals surface area contributed by atoms with Gasteiger partial charge in [-0.15, -0.1) is 0 Å². The van der Waals surface area contributed by atoms with Gasteiger partial charge in [0, 0.05) is 42.0 Å². The van der Waals surface area contributed by atoms with E-state index < -0.39 is 0 Å². The van der Waals surface area contributed by atoms with E-state index in [2.05, 4.69) is 15.9 Å². The summed E-state index contributed by atoms with van der Waals surface area (Å²) in [5.74, 6) is -0.0609. The topological polar surface area (TPSA) is 38.1 Å². The van der Waals surface area contributed by atoms with E-state index in [9.17, 15) is 4.79 Å². The Kier molecular flexibility index (Phi) is 5.14. The average molecular weight is 396 g/mol. The first-order valence-electron chi connectivity index (χ1n) is 7.85. The van der Waals surface area contributed by atoms with Crippen LogP contribution in [0.2, 0.25) is 0 Å². The summed E-state index contributed by atoms with van der Waals surface area (Å²) in [7, 11) is 3.46. The number of hydrogen-bond donors (Lipinski definition) is 0. The largest absolute Gasteiger partial charge is 0.345 e. The zero-order valence-corrected chi connectivity index (χ0v) is 15.6. The maximum absolute atomic E-state index is 11.9. The van der Waals surface area contributed by atoms with Gasteiger partial charge in [-0.05, 0) is 30.3 Å². The van der Waals surface area contributed by atoms with Gasteiger partial charge in [-0.3, -0.25) is 4.79 Å². The zero-order chi connectivity index (χ0) is 17.8. The van der Waals surface area contributed by atoms with Gasteiger partial charge in [-0.1, -0.05) is 46.3 Å². The Hall–Kier alpha value is -2.66. The van der Waals surface area contributed by atoms with E-state index in [4.69, 9.17) is 5.10 Å². The van der Waals surface area contributed by atoms with Gasteiger partial charge in [0.2, 0.25) is 5.91 Å². The number of carbonyl (C=O) groups is 1. The third-order valence-electron chi connectivity index (χ3n) is 3.73. The van der Waals surface area contributed by atoms with Crippen LogP contribution in [0.1, 0.15) is 5.56 Å². The van der Waals surface area contributed by atoms with Crippen molar-refractivity contribution in [3.63, 3.8) is 0 Å². The van der Waals surface area contributed by atoms with E-state index in [-0.39, 0.29) is 5.91 Å². The molecule has 0 atom stereocenters. The third kappa shape index (κ3) is 4.06. The van der Waals surface area contributed by atoms with E-state index in [1.165, 1.54) is 4.90 Å². The maximum atomic E-state index is 11.9. The Bertz CT molecular complexity index is 896. The molecule has 3 rings (SSSR count). The molecular formula is C20H18BrN3O. The molecule has 5 heteroatoms. The molecule has 126 valence electrons. The summed E-state index contributed by atoms with van der Waals surface area (Å²) in [4.78, 5) is 13.4. The van der Waals surface area contributed by atoms with E-state index in [1.807, 2.05) is 71.6 Å². The first kappa shape index (κ1) is 17.2. The lowest BCUT2D eigenvalue weighted by Gasteiger charge is -2.05. The van der Waals surface area contributed by atoms with Crippen LogP contribution in [0.25, 0.3) is 23.0 Å². The Morgan fingerprint density at radius 3 is 2.40 bits per heavy atom. The molecule has 0 spiro atoms. The van der Waals surface area contributed by atoms with Crippen molar-refractivity contribution in [2.45, 2.75) is 0 Å². The van der Waals surface area contributed by atoms with Crippen molar-refractivity contribution in [2.24, 2.45) is 0 Å². The van der Waals surface area contributed by atoms with Crippen LogP contribution < -0.4 is 0 Å². The monoisotopic (exact) mass is 395 g/mol. The van der Waals surface area contributed by atoms with Crippen molar-refractivity contribution in [2.75, 3.05) is 14.1 Å². The standard InChI is InChI=1S/C20H18BrN3O/c1-23(2)19(25)13-10-16-14-24(18-6-4-3-5-7-18)22-20(16)15-8-11-17(21)12-9-15/h3-14H,1-2H3. The molecule has 0 aliphatic carbocycles. The quantitative estimate of drug-likeness (QED) is 0.613. The fraction of sp³-hybridized carbons (Fsp3) is 0.100. The van der Waals surface area contributed by atoms with Crippen molar-refractivity contribution in [3.05, 3.63) is 76.9 Å². The summed E-state index contributed by atoms with van der Waals surface area (Å²) >= 11 is 3.45. The maximum Gasteiger partial charge on any atom is 0.246 e. The van der Waals surface area contributed by atoms with Gasteiger partial charge in [0.25, 0.3) is 0 Å². The minimum Gasteiger partial charge on any atom is -0.345 e. The number of para-hydroxylation sites is 1. The third-order valence-corrected chi connectivity index (χ3v) is 4.26. The molecule has 1 aromatic heterocycles. The van der Waals surface area contributed by atoms with Gasteiger partial charge in [-0.25, -0.2) is 4.68 Å². The van der Waals surface area contributed by atoms with E-state index in [1.54, 1.807) is 20.2 Å². The second kappa shape index (κ2) is 7.49. The molecule has 25 heavy (non-hydrogen) atoms. The molecular weight excluding hydrogens is 378 g/mol. The Balaban J connectivity index is 2.06. The summed E-state index contributed by atoms with van der Waals surface area (Å²) < 4.78 is 2.84. The summed E-state index contributed by atoms with van der Waals surface area (Å²) in [6, 6.07) is 17.9. The first-order valence-corrected chi connectivity index (χ1v) is 8.64. The fourth-order valence-electron chi connectivity index (χ4n) is 2.36. The number of amides is 1. The van der Waals surface area contributed by atoms with Crippen LogP contribution in [0.5, 0.6) is 0 Å². The number of aromatic nitrogens is 2. The van der Waals surface area contributed by atoms with E-state index in [0.29, 0.717) is 0 Å².